The van der Waals surface area contributed by atoms with E-state index in [1.54, 1.807) is 13.3 Å². The van der Waals surface area contributed by atoms with Crippen LogP contribution in [0.5, 0.6) is 0 Å². The number of aromatic nitrogens is 3. The van der Waals surface area contributed by atoms with Crippen LogP contribution in [0.1, 0.15) is 24.5 Å². The van der Waals surface area contributed by atoms with Gasteiger partial charge in [-0.3, -0.25) is 0 Å². The van der Waals surface area contributed by atoms with Gasteiger partial charge < -0.3 is 14.6 Å². The minimum absolute atomic E-state index is 0.469. The SMILES string of the molecule is CCCNc1ccc(-c2noc(-c3ccc(-c4ccccc4C)c(COC)c3)n2)cn1. The van der Waals surface area contributed by atoms with Gasteiger partial charge in [0.15, 0.2) is 0 Å². The Bertz CT molecular complexity index is 1150. The van der Waals surface area contributed by atoms with Gasteiger partial charge in [0.05, 0.1) is 6.61 Å². The van der Waals surface area contributed by atoms with Gasteiger partial charge >= 0.3 is 0 Å². The van der Waals surface area contributed by atoms with Crippen molar-refractivity contribution >= 4 is 5.82 Å². The Morgan fingerprint density at radius 1 is 1.00 bits per heavy atom. The summed E-state index contributed by atoms with van der Waals surface area (Å²) in [6, 6.07) is 18.4. The Kier molecular flexibility index (Phi) is 6.38. The molecular weight excluding hydrogens is 388 g/mol. The fraction of sp³-hybridized carbons (Fsp3) is 0.240. The average Bonchev–Trinajstić information content (AvgIpc) is 3.29. The molecule has 2 aromatic carbocycles. The van der Waals surface area contributed by atoms with Crippen molar-refractivity contribution in [3.63, 3.8) is 0 Å². The minimum Gasteiger partial charge on any atom is -0.380 e. The number of hydrogen-bond donors (Lipinski definition) is 1. The van der Waals surface area contributed by atoms with E-state index < -0.39 is 0 Å². The van der Waals surface area contributed by atoms with Crippen molar-refractivity contribution in [1.29, 1.82) is 0 Å². The van der Waals surface area contributed by atoms with Gasteiger partial charge in [0, 0.05) is 31.0 Å². The Labute approximate surface area is 182 Å². The molecule has 0 saturated heterocycles. The molecule has 0 unspecified atom stereocenters. The molecule has 158 valence electrons. The number of aryl methyl sites for hydroxylation is 1. The molecule has 0 spiro atoms. The fourth-order valence-corrected chi connectivity index (χ4v) is 3.48. The predicted molar refractivity (Wildman–Crippen MR) is 123 cm³/mol. The van der Waals surface area contributed by atoms with E-state index in [1.165, 1.54) is 11.1 Å². The average molecular weight is 415 g/mol. The number of benzene rings is 2. The molecule has 0 atom stereocenters. The van der Waals surface area contributed by atoms with Crippen LogP contribution in [0, 0.1) is 6.92 Å². The first-order valence-corrected chi connectivity index (χ1v) is 10.4. The first-order valence-electron chi connectivity index (χ1n) is 10.4. The van der Waals surface area contributed by atoms with Gasteiger partial charge in [-0.25, -0.2) is 4.98 Å². The number of nitrogens with zero attached hydrogens (tertiary/aromatic N) is 3. The summed E-state index contributed by atoms with van der Waals surface area (Å²) in [6.45, 7) is 5.62. The number of ether oxygens (including phenoxy) is 1. The Morgan fingerprint density at radius 2 is 1.84 bits per heavy atom. The van der Waals surface area contributed by atoms with Gasteiger partial charge in [-0.15, -0.1) is 0 Å². The van der Waals surface area contributed by atoms with Crippen molar-refractivity contribution in [2.45, 2.75) is 26.9 Å². The molecule has 0 amide bonds. The molecule has 0 fully saturated rings. The summed E-state index contributed by atoms with van der Waals surface area (Å²) in [7, 11) is 1.70. The lowest BCUT2D eigenvalue weighted by molar-refractivity contribution is 0.185. The molecule has 1 N–H and O–H groups in total. The summed E-state index contributed by atoms with van der Waals surface area (Å²) in [4.78, 5) is 9.00. The monoisotopic (exact) mass is 414 g/mol. The van der Waals surface area contributed by atoms with Crippen LogP contribution in [0.3, 0.4) is 0 Å². The molecule has 0 aliphatic carbocycles. The zero-order valence-electron chi connectivity index (χ0n) is 18.1. The molecule has 0 aliphatic heterocycles. The number of methoxy groups -OCH3 is 1. The second-order valence-electron chi connectivity index (χ2n) is 7.40. The molecule has 0 bridgehead atoms. The zero-order valence-corrected chi connectivity index (χ0v) is 18.1. The molecule has 2 aromatic heterocycles. The highest BCUT2D eigenvalue weighted by molar-refractivity contribution is 5.74. The first kappa shape index (κ1) is 20.8. The fourth-order valence-electron chi connectivity index (χ4n) is 3.48. The Balaban J connectivity index is 1.62. The third-order valence-corrected chi connectivity index (χ3v) is 5.09. The summed E-state index contributed by atoms with van der Waals surface area (Å²) in [5.41, 5.74) is 6.29. The lowest BCUT2D eigenvalue weighted by Gasteiger charge is -2.12. The lowest BCUT2D eigenvalue weighted by atomic mass is 9.94. The Hall–Kier alpha value is -3.51. The smallest absolute Gasteiger partial charge is 0.258 e. The van der Waals surface area contributed by atoms with Gasteiger partial charge in [0.2, 0.25) is 5.82 Å². The zero-order chi connectivity index (χ0) is 21.6. The van der Waals surface area contributed by atoms with Crippen LogP contribution >= 0.6 is 0 Å². The van der Waals surface area contributed by atoms with Crippen molar-refractivity contribution in [2.75, 3.05) is 19.0 Å². The van der Waals surface area contributed by atoms with Gasteiger partial charge in [-0.2, -0.15) is 4.98 Å². The molecule has 6 heteroatoms. The van der Waals surface area contributed by atoms with Crippen LogP contribution in [-0.4, -0.2) is 28.8 Å². The number of hydrogen-bond acceptors (Lipinski definition) is 6. The maximum absolute atomic E-state index is 5.56. The van der Waals surface area contributed by atoms with E-state index in [0.29, 0.717) is 18.3 Å². The molecule has 31 heavy (non-hydrogen) atoms. The van der Waals surface area contributed by atoms with Crippen molar-refractivity contribution < 1.29 is 9.26 Å². The van der Waals surface area contributed by atoms with Crippen LogP contribution in [-0.2, 0) is 11.3 Å². The maximum atomic E-state index is 5.56. The molecular formula is C25H26N4O2. The predicted octanol–water partition coefficient (Wildman–Crippen LogP) is 5.74. The standard InChI is InChI=1S/C25H26N4O2/c1-4-13-26-23-12-10-19(15-27-23)24-28-25(31-29-24)18-9-11-22(20(14-18)16-30-3)21-8-6-5-7-17(21)2/h5-12,14-15H,4,13,16H2,1-3H3,(H,26,27). The molecule has 0 radical (unpaired) electrons. The van der Waals surface area contributed by atoms with E-state index in [1.807, 2.05) is 30.3 Å². The molecule has 4 rings (SSSR count). The summed E-state index contributed by atoms with van der Waals surface area (Å²) in [5, 5.41) is 7.40. The third kappa shape index (κ3) is 4.64. The van der Waals surface area contributed by atoms with Crippen molar-refractivity contribution in [3.05, 3.63) is 71.9 Å². The van der Waals surface area contributed by atoms with E-state index in [4.69, 9.17) is 9.26 Å². The summed E-state index contributed by atoms with van der Waals surface area (Å²) < 4.78 is 11.0. The second kappa shape index (κ2) is 9.53. The molecule has 6 nitrogen and oxygen atoms in total. The summed E-state index contributed by atoms with van der Waals surface area (Å²) in [6.07, 6.45) is 2.80. The number of pyridine rings is 1. The van der Waals surface area contributed by atoms with E-state index in [0.717, 1.165) is 41.0 Å². The van der Waals surface area contributed by atoms with E-state index in [-0.39, 0.29) is 0 Å². The first-order chi connectivity index (χ1) is 15.2. The summed E-state index contributed by atoms with van der Waals surface area (Å²) in [5.74, 6) is 1.82. The largest absolute Gasteiger partial charge is 0.380 e. The lowest BCUT2D eigenvalue weighted by Crippen LogP contribution is -2.01. The van der Waals surface area contributed by atoms with Gasteiger partial charge in [-0.1, -0.05) is 42.4 Å². The summed E-state index contributed by atoms with van der Waals surface area (Å²) >= 11 is 0. The van der Waals surface area contributed by atoms with Crippen LogP contribution in [0.4, 0.5) is 5.82 Å². The highest BCUT2D eigenvalue weighted by Crippen LogP contribution is 2.31. The Morgan fingerprint density at radius 3 is 2.58 bits per heavy atom. The van der Waals surface area contributed by atoms with Gasteiger partial charge in [0.1, 0.15) is 5.82 Å². The third-order valence-electron chi connectivity index (χ3n) is 5.09. The van der Waals surface area contributed by atoms with Gasteiger partial charge in [0.25, 0.3) is 5.89 Å². The quantitative estimate of drug-likeness (QED) is 0.396. The molecule has 4 aromatic rings. The molecule has 2 heterocycles. The van der Waals surface area contributed by atoms with Crippen molar-refractivity contribution in [1.82, 2.24) is 15.1 Å². The number of anilines is 1. The topological polar surface area (TPSA) is 73.1 Å². The molecule has 0 saturated carbocycles. The van der Waals surface area contributed by atoms with Crippen LogP contribution < -0.4 is 5.32 Å². The molecule has 0 aliphatic rings. The van der Waals surface area contributed by atoms with Crippen molar-refractivity contribution in [3.8, 4) is 34.0 Å². The maximum Gasteiger partial charge on any atom is 0.258 e. The van der Waals surface area contributed by atoms with Gasteiger partial charge in [-0.05, 0) is 59.9 Å². The van der Waals surface area contributed by atoms with E-state index in [2.05, 4.69) is 58.6 Å². The van der Waals surface area contributed by atoms with Crippen LogP contribution in [0.25, 0.3) is 34.0 Å². The normalized spacial score (nSPS) is 10.9. The number of rotatable bonds is 8. The van der Waals surface area contributed by atoms with Crippen LogP contribution in [0.2, 0.25) is 0 Å². The number of nitrogens with one attached hydrogen (secondary N) is 1. The van der Waals surface area contributed by atoms with E-state index >= 15 is 0 Å². The second-order valence-corrected chi connectivity index (χ2v) is 7.40. The van der Waals surface area contributed by atoms with E-state index in [9.17, 15) is 0 Å². The van der Waals surface area contributed by atoms with Crippen molar-refractivity contribution in [2.24, 2.45) is 0 Å². The van der Waals surface area contributed by atoms with Crippen LogP contribution in [0.15, 0.2) is 65.3 Å². The minimum atomic E-state index is 0.469. The highest BCUT2D eigenvalue weighted by atomic mass is 16.5. The highest BCUT2D eigenvalue weighted by Gasteiger charge is 2.14.